The molecule has 1 fully saturated rings. The zero-order valence-electron chi connectivity index (χ0n) is 9.26. The highest BCUT2D eigenvalue weighted by Crippen LogP contribution is 2.06. The summed E-state index contributed by atoms with van der Waals surface area (Å²) in [6, 6.07) is -0.269. The summed E-state index contributed by atoms with van der Waals surface area (Å²) in [7, 11) is 0. The van der Waals surface area contributed by atoms with Crippen molar-refractivity contribution in [1.82, 2.24) is 4.90 Å². The molecule has 1 saturated heterocycles. The van der Waals surface area contributed by atoms with Gasteiger partial charge in [-0.2, -0.15) is 0 Å². The van der Waals surface area contributed by atoms with Gasteiger partial charge in [0.15, 0.2) is 0 Å². The molecule has 0 radical (unpaired) electrons. The molecule has 0 unspecified atom stereocenters. The van der Waals surface area contributed by atoms with Crippen molar-refractivity contribution in [3.8, 4) is 0 Å². The van der Waals surface area contributed by atoms with Crippen LogP contribution >= 0.6 is 0 Å². The van der Waals surface area contributed by atoms with E-state index in [1.807, 2.05) is 0 Å². The maximum atomic E-state index is 10.5. The maximum absolute atomic E-state index is 10.5. The second-order valence-electron chi connectivity index (χ2n) is 3.32. The second kappa shape index (κ2) is 8.52. The number of piperidine rings is 1. The van der Waals surface area contributed by atoms with Gasteiger partial charge < -0.3 is 15.7 Å². The Kier molecular flexibility index (Phi) is 7.57. The van der Waals surface area contributed by atoms with E-state index < -0.39 is 5.97 Å². The molecule has 0 bridgehead atoms. The molecule has 0 atom stereocenters. The van der Waals surface area contributed by atoms with Gasteiger partial charge in [-0.15, -0.1) is 0 Å². The summed E-state index contributed by atoms with van der Waals surface area (Å²) in [6.07, 6.45) is 7.26. The fourth-order valence-electron chi connectivity index (χ4n) is 1.26. The summed E-state index contributed by atoms with van der Waals surface area (Å²) >= 11 is 0. The Morgan fingerprint density at radius 1 is 1.25 bits per heavy atom. The van der Waals surface area contributed by atoms with Gasteiger partial charge >= 0.3 is 12.0 Å². The van der Waals surface area contributed by atoms with Crippen LogP contribution in [0.25, 0.3) is 0 Å². The van der Waals surface area contributed by atoms with Crippen molar-refractivity contribution < 1.29 is 14.7 Å². The highest BCUT2D eigenvalue weighted by Gasteiger charge is 2.11. The Labute approximate surface area is 95.2 Å². The first kappa shape index (κ1) is 14.2. The number of carboxylic acid groups (broad SMARTS) is 1. The standard InChI is InChI=1S/C6H12N2O.C5H6O2/c7-6(9)8-4-2-1-3-5-8;1-2-3-4-5(6)7/h1-5H2,(H2,7,9);2-4H,1H2,(H,6,7). The predicted octanol–water partition coefficient (Wildman–Crippen LogP) is 1.36. The van der Waals surface area contributed by atoms with Crippen LogP contribution in [0.5, 0.6) is 0 Å². The molecular weight excluding hydrogens is 208 g/mol. The third-order valence-electron chi connectivity index (χ3n) is 2.04. The zero-order valence-corrected chi connectivity index (χ0v) is 9.26. The highest BCUT2D eigenvalue weighted by atomic mass is 16.4. The predicted molar refractivity (Wildman–Crippen MR) is 62.0 cm³/mol. The first-order valence-corrected chi connectivity index (χ1v) is 5.14. The average Bonchev–Trinajstić information content (AvgIpc) is 2.28. The lowest BCUT2D eigenvalue weighted by molar-refractivity contribution is -0.131. The Morgan fingerprint density at radius 3 is 2.06 bits per heavy atom. The molecule has 0 aromatic heterocycles. The van der Waals surface area contributed by atoms with Gasteiger partial charge in [0.25, 0.3) is 0 Å². The Bertz CT molecular complexity index is 268. The van der Waals surface area contributed by atoms with E-state index in [0.29, 0.717) is 0 Å². The highest BCUT2D eigenvalue weighted by molar-refractivity contribution is 5.80. The number of urea groups is 1. The number of primary amides is 1. The van der Waals surface area contributed by atoms with Crippen molar-refractivity contribution in [2.75, 3.05) is 13.1 Å². The van der Waals surface area contributed by atoms with Gasteiger partial charge in [0.05, 0.1) is 0 Å². The van der Waals surface area contributed by atoms with E-state index in [-0.39, 0.29) is 6.03 Å². The molecule has 16 heavy (non-hydrogen) atoms. The number of nitrogens with zero attached hydrogens (tertiary/aromatic N) is 1. The van der Waals surface area contributed by atoms with Crippen LogP contribution in [0, 0.1) is 0 Å². The van der Waals surface area contributed by atoms with E-state index in [1.165, 1.54) is 18.6 Å². The number of rotatable bonds is 2. The van der Waals surface area contributed by atoms with Gasteiger partial charge in [-0.3, -0.25) is 0 Å². The summed E-state index contributed by atoms with van der Waals surface area (Å²) in [5.41, 5.74) is 5.05. The van der Waals surface area contributed by atoms with Gasteiger partial charge in [-0.25, -0.2) is 9.59 Å². The molecule has 5 heteroatoms. The number of hydrogen-bond acceptors (Lipinski definition) is 2. The van der Waals surface area contributed by atoms with Crippen LogP contribution in [-0.2, 0) is 4.79 Å². The number of carboxylic acids is 1. The van der Waals surface area contributed by atoms with Gasteiger partial charge in [-0.1, -0.05) is 18.7 Å². The molecule has 0 aliphatic carbocycles. The van der Waals surface area contributed by atoms with Crippen molar-refractivity contribution in [2.24, 2.45) is 5.73 Å². The molecule has 5 nitrogen and oxygen atoms in total. The third-order valence-corrected chi connectivity index (χ3v) is 2.04. The zero-order chi connectivity index (χ0) is 12.4. The van der Waals surface area contributed by atoms with E-state index in [1.54, 1.807) is 4.90 Å². The number of allylic oxidation sites excluding steroid dienone is 2. The van der Waals surface area contributed by atoms with Gasteiger partial charge in [0.2, 0.25) is 0 Å². The molecule has 3 N–H and O–H groups in total. The van der Waals surface area contributed by atoms with Crippen molar-refractivity contribution in [1.29, 1.82) is 0 Å². The Morgan fingerprint density at radius 2 is 1.81 bits per heavy atom. The molecular formula is C11H18N2O3. The van der Waals surface area contributed by atoms with Crippen LogP contribution in [-0.4, -0.2) is 35.1 Å². The van der Waals surface area contributed by atoms with Crippen molar-refractivity contribution in [2.45, 2.75) is 19.3 Å². The molecule has 1 aliphatic heterocycles. The van der Waals surface area contributed by atoms with Gasteiger partial charge in [-0.05, 0) is 19.3 Å². The average molecular weight is 226 g/mol. The summed E-state index contributed by atoms with van der Waals surface area (Å²) in [5, 5.41) is 7.91. The van der Waals surface area contributed by atoms with Crippen LogP contribution in [0.3, 0.4) is 0 Å². The molecule has 90 valence electrons. The van der Waals surface area contributed by atoms with Gasteiger partial charge in [0.1, 0.15) is 0 Å². The first-order chi connectivity index (χ1) is 7.57. The van der Waals surface area contributed by atoms with Crippen molar-refractivity contribution in [3.63, 3.8) is 0 Å². The SMILES string of the molecule is C=CC=CC(=O)O.NC(=O)N1CCCCC1. The van der Waals surface area contributed by atoms with E-state index >= 15 is 0 Å². The number of hydrogen-bond donors (Lipinski definition) is 2. The molecule has 1 heterocycles. The van der Waals surface area contributed by atoms with Crippen LogP contribution in [0.2, 0.25) is 0 Å². The molecule has 0 aromatic rings. The summed E-state index contributed by atoms with van der Waals surface area (Å²) in [6.45, 7) is 5.00. The Balaban J connectivity index is 0.000000293. The summed E-state index contributed by atoms with van der Waals surface area (Å²) in [4.78, 5) is 21.8. The lowest BCUT2D eigenvalue weighted by Gasteiger charge is -2.24. The number of likely N-dealkylation sites (tertiary alicyclic amines) is 1. The first-order valence-electron chi connectivity index (χ1n) is 5.14. The minimum atomic E-state index is -0.945. The number of carbonyl (C=O) groups excluding carboxylic acids is 1. The van der Waals surface area contributed by atoms with Crippen molar-refractivity contribution in [3.05, 3.63) is 24.8 Å². The van der Waals surface area contributed by atoms with Crippen molar-refractivity contribution >= 4 is 12.0 Å². The fourth-order valence-corrected chi connectivity index (χ4v) is 1.26. The maximum Gasteiger partial charge on any atom is 0.328 e. The molecule has 0 spiro atoms. The number of amides is 2. The molecule has 0 aromatic carbocycles. The van der Waals surface area contributed by atoms with Crippen LogP contribution in [0.1, 0.15) is 19.3 Å². The summed E-state index contributed by atoms with van der Waals surface area (Å²) < 4.78 is 0. The van der Waals surface area contributed by atoms with Gasteiger partial charge in [0, 0.05) is 19.2 Å². The van der Waals surface area contributed by atoms with E-state index in [9.17, 15) is 9.59 Å². The number of nitrogens with two attached hydrogens (primary N) is 1. The van der Waals surface area contributed by atoms with Crippen LogP contribution in [0.15, 0.2) is 24.8 Å². The monoisotopic (exact) mass is 226 g/mol. The fraction of sp³-hybridized carbons (Fsp3) is 0.455. The smallest absolute Gasteiger partial charge is 0.328 e. The van der Waals surface area contributed by atoms with E-state index in [0.717, 1.165) is 32.0 Å². The minimum absolute atomic E-state index is 0.269. The van der Waals surface area contributed by atoms with Crippen LogP contribution < -0.4 is 5.73 Å². The second-order valence-corrected chi connectivity index (χ2v) is 3.32. The molecule has 1 aliphatic rings. The summed E-state index contributed by atoms with van der Waals surface area (Å²) in [5.74, 6) is -0.945. The van der Waals surface area contributed by atoms with E-state index in [4.69, 9.17) is 10.8 Å². The normalized spacial score (nSPS) is 15.1. The van der Waals surface area contributed by atoms with E-state index in [2.05, 4.69) is 6.58 Å². The number of carbonyl (C=O) groups is 2. The number of aliphatic carboxylic acids is 1. The largest absolute Gasteiger partial charge is 0.478 e. The lowest BCUT2D eigenvalue weighted by Crippen LogP contribution is -2.39. The third kappa shape index (κ3) is 7.61. The molecule has 0 saturated carbocycles. The topological polar surface area (TPSA) is 83.6 Å². The lowest BCUT2D eigenvalue weighted by atomic mass is 10.1. The Hall–Kier alpha value is -1.78. The van der Waals surface area contributed by atoms with Crippen LogP contribution in [0.4, 0.5) is 4.79 Å². The molecule has 1 rings (SSSR count). The minimum Gasteiger partial charge on any atom is -0.478 e. The molecule has 2 amide bonds. The quantitative estimate of drug-likeness (QED) is 0.551.